The van der Waals surface area contributed by atoms with Gasteiger partial charge < -0.3 is 25.4 Å². The molecule has 0 spiro atoms. The van der Waals surface area contributed by atoms with Crippen molar-refractivity contribution >= 4 is 52.8 Å². The molecule has 1 aliphatic heterocycles. The molecule has 0 radical (unpaired) electrons. The highest BCUT2D eigenvalue weighted by Crippen LogP contribution is 2.27. The largest absolute Gasteiger partial charge is 0.464 e. The standard InChI is InChI=1S/C31H39Cl2N5O6/c1-5-43-29(41)24(13-18-9-11-20(12-10-18)36-28(40)26-22(32)15-34-16-23(26)33)37-27(39)25-14-21(35-19-7-6-8-19)17-38(25)30(42)44-31(2,3)4/h9-12,15-16,19,21,24-25,35H,5-8,13-14,17H2,1-4H3,(H,36,40)(H,37,39)/t21-,24+,25?/m1/s1. The lowest BCUT2D eigenvalue weighted by molar-refractivity contribution is -0.147. The van der Waals surface area contributed by atoms with E-state index in [1.165, 1.54) is 17.3 Å². The van der Waals surface area contributed by atoms with Crippen molar-refractivity contribution in [2.75, 3.05) is 18.5 Å². The van der Waals surface area contributed by atoms with E-state index in [0.29, 0.717) is 30.3 Å². The van der Waals surface area contributed by atoms with Crippen LogP contribution in [0.2, 0.25) is 10.0 Å². The number of nitrogens with one attached hydrogen (secondary N) is 3. The second-order valence-electron chi connectivity index (χ2n) is 12.0. The number of aromatic nitrogens is 1. The normalized spacial score (nSPS) is 19.1. The van der Waals surface area contributed by atoms with E-state index in [1.54, 1.807) is 52.0 Å². The first-order valence-corrected chi connectivity index (χ1v) is 15.5. The molecule has 238 valence electrons. The Hall–Kier alpha value is -3.41. The first kappa shape index (κ1) is 33.5. The summed E-state index contributed by atoms with van der Waals surface area (Å²) in [5.41, 5.74) is 0.563. The highest BCUT2D eigenvalue weighted by Gasteiger charge is 2.43. The third-order valence-corrected chi connectivity index (χ3v) is 8.00. The molecule has 2 aromatic rings. The lowest BCUT2D eigenvalue weighted by Crippen LogP contribution is -2.52. The van der Waals surface area contributed by atoms with Gasteiger partial charge in [-0.3, -0.25) is 19.5 Å². The minimum absolute atomic E-state index is 0.0655. The number of carbonyl (C=O) groups excluding carboxylic acids is 4. The molecule has 2 aliphatic rings. The van der Waals surface area contributed by atoms with Gasteiger partial charge in [0.2, 0.25) is 5.91 Å². The number of benzene rings is 1. The first-order chi connectivity index (χ1) is 20.8. The van der Waals surface area contributed by atoms with Gasteiger partial charge in [-0.2, -0.15) is 0 Å². The molecule has 2 heterocycles. The number of halogens is 2. The Labute approximate surface area is 267 Å². The predicted octanol–water partition coefficient (Wildman–Crippen LogP) is 4.75. The summed E-state index contributed by atoms with van der Waals surface area (Å²) >= 11 is 12.2. The number of nitrogens with zero attached hydrogens (tertiary/aromatic N) is 2. The van der Waals surface area contributed by atoms with E-state index in [0.717, 1.165) is 19.3 Å². The molecule has 13 heteroatoms. The molecule has 3 amide bonds. The van der Waals surface area contributed by atoms with Crippen molar-refractivity contribution in [2.45, 2.75) is 89.6 Å². The van der Waals surface area contributed by atoms with Gasteiger partial charge in [0.25, 0.3) is 5.91 Å². The van der Waals surface area contributed by atoms with Crippen LogP contribution in [0.4, 0.5) is 10.5 Å². The van der Waals surface area contributed by atoms with E-state index in [2.05, 4.69) is 20.9 Å². The summed E-state index contributed by atoms with van der Waals surface area (Å²) in [6, 6.07) is 5.28. The fourth-order valence-corrected chi connectivity index (χ4v) is 5.66. The SMILES string of the molecule is CCOC(=O)[C@H](Cc1ccc(NC(=O)c2c(Cl)cncc2Cl)cc1)NC(=O)C1C[C@@H](NC2CCC2)CN1C(=O)OC(C)(C)C. The van der Waals surface area contributed by atoms with Crippen LogP contribution in [-0.4, -0.2) is 76.7 Å². The Kier molecular flexibility index (Phi) is 11.1. The number of hydrogen-bond acceptors (Lipinski definition) is 8. The van der Waals surface area contributed by atoms with Gasteiger partial charge in [-0.15, -0.1) is 0 Å². The summed E-state index contributed by atoms with van der Waals surface area (Å²) in [6.07, 6.45) is 5.91. The zero-order valence-corrected chi connectivity index (χ0v) is 26.8. The molecular weight excluding hydrogens is 609 g/mol. The van der Waals surface area contributed by atoms with Gasteiger partial charge in [0, 0.05) is 43.1 Å². The van der Waals surface area contributed by atoms with Crippen LogP contribution in [0.3, 0.4) is 0 Å². The predicted molar refractivity (Wildman–Crippen MR) is 167 cm³/mol. The molecule has 1 aliphatic carbocycles. The van der Waals surface area contributed by atoms with Crippen molar-refractivity contribution in [1.82, 2.24) is 20.5 Å². The summed E-state index contributed by atoms with van der Waals surface area (Å²) in [5.74, 6) is -1.55. The van der Waals surface area contributed by atoms with Crippen LogP contribution < -0.4 is 16.0 Å². The number of likely N-dealkylation sites (tertiary alicyclic amines) is 1. The number of rotatable bonds is 10. The third-order valence-electron chi connectivity index (χ3n) is 7.43. The number of anilines is 1. The quantitative estimate of drug-likeness (QED) is 0.314. The molecule has 1 aromatic heterocycles. The molecule has 1 aromatic carbocycles. The van der Waals surface area contributed by atoms with Crippen molar-refractivity contribution in [2.24, 2.45) is 0 Å². The molecule has 4 rings (SSSR count). The lowest BCUT2D eigenvalue weighted by atomic mass is 9.92. The van der Waals surface area contributed by atoms with Gasteiger partial charge in [0.1, 0.15) is 17.7 Å². The van der Waals surface area contributed by atoms with E-state index in [-0.39, 0.29) is 34.7 Å². The molecular formula is C31H39Cl2N5O6. The molecule has 1 saturated heterocycles. The first-order valence-electron chi connectivity index (χ1n) is 14.8. The van der Waals surface area contributed by atoms with Crippen LogP contribution in [0.1, 0.15) is 69.3 Å². The van der Waals surface area contributed by atoms with Gasteiger partial charge in [-0.05, 0) is 64.7 Å². The monoisotopic (exact) mass is 647 g/mol. The Balaban J connectivity index is 1.45. The minimum atomic E-state index is -1.00. The van der Waals surface area contributed by atoms with E-state index in [9.17, 15) is 19.2 Å². The summed E-state index contributed by atoms with van der Waals surface area (Å²) < 4.78 is 10.9. The van der Waals surface area contributed by atoms with E-state index in [4.69, 9.17) is 32.7 Å². The maximum Gasteiger partial charge on any atom is 0.411 e. The Morgan fingerprint density at radius 2 is 1.70 bits per heavy atom. The zero-order chi connectivity index (χ0) is 32.0. The van der Waals surface area contributed by atoms with Crippen LogP contribution in [0, 0.1) is 0 Å². The third kappa shape index (κ3) is 8.83. The molecule has 1 saturated carbocycles. The molecule has 2 fully saturated rings. The Morgan fingerprint density at radius 1 is 1.05 bits per heavy atom. The van der Waals surface area contributed by atoms with Crippen molar-refractivity contribution in [3.05, 3.63) is 57.8 Å². The molecule has 3 atom stereocenters. The maximum absolute atomic E-state index is 13.6. The van der Waals surface area contributed by atoms with Crippen molar-refractivity contribution < 1.29 is 28.7 Å². The zero-order valence-electron chi connectivity index (χ0n) is 25.3. The summed E-state index contributed by atoms with van der Waals surface area (Å²) in [4.78, 5) is 57.7. The summed E-state index contributed by atoms with van der Waals surface area (Å²) in [6.45, 7) is 7.48. The van der Waals surface area contributed by atoms with E-state index < -0.39 is 41.6 Å². The van der Waals surface area contributed by atoms with Crippen molar-refractivity contribution in [3.8, 4) is 0 Å². The maximum atomic E-state index is 13.6. The highest BCUT2D eigenvalue weighted by molar-refractivity contribution is 6.40. The van der Waals surface area contributed by atoms with Crippen LogP contribution in [0.15, 0.2) is 36.7 Å². The summed E-state index contributed by atoms with van der Waals surface area (Å²) in [5, 5.41) is 9.36. The average Bonchev–Trinajstić information content (AvgIpc) is 3.35. The second-order valence-corrected chi connectivity index (χ2v) is 12.8. The number of hydrogen-bond donors (Lipinski definition) is 3. The average molecular weight is 649 g/mol. The van der Waals surface area contributed by atoms with Gasteiger partial charge in [0.05, 0.1) is 22.2 Å². The molecule has 3 N–H and O–H groups in total. The molecule has 11 nitrogen and oxygen atoms in total. The van der Waals surface area contributed by atoms with E-state index in [1.807, 2.05) is 0 Å². The van der Waals surface area contributed by atoms with Crippen molar-refractivity contribution in [3.63, 3.8) is 0 Å². The van der Waals surface area contributed by atoms with Gasteiger partial charge in [-0.25, -0.2) is 9.59 Å². The lowest BCUT2D eigenvalue weighted by Gasteiger charge is -2.30. The molecule has 0 bridgehead atoms. The second kappa shape index (κ2) is 14.6. The van der Waals surface area contributed by atoms with Crippen LogP contribution in [-0.2, 0) is 25.5 Å². The highest BCUT2D eigenvalue weighted by atomic mass is 35.5. The fraction of sp³-hybridized carbons (Fsp3) is 0.516. The Morgan fingerprint density at radius 3 is 2.27 bits per heavy atom. The van der Waals surface area contributed by atoms with Gasteiger partial charge in [0.15, 0.2) is 0 Å². The number of amides is 3. The number of carbonyl (C=O) groups is 4. The van der Waals surface area contributed by atoms with Crippen LogP contribution in [0.5, 0.6) is 0 Å². The van der Waals surface area contributed by atoms with Gasteiger partial charge >= 0.3 is 12.1 Å². The molecule has 1 unspecified atom stereocenters. The van der Waals surface area contributed by atoms with Crippen LogP contribution >= 0.6 is 23.2 Å². The Bertz CT molecular complexity index is 1340. The fourth-order valence-electron chi connectivity index (χ4n) is 5.12. The topological polar surface area (TPSA) is 139 Å². The summed E-state index contributed by atoms with van der Waals surface area (Å²) in [7, 11) is 0. The smallest absolute Gasteiger partial charge is 0.411 e. The molecule has 44 heavy (non-hydrogen) atoms. The minimum Gasteiger partial charge on any atom is -0.464 e. The van der Waals surface area contributed by atoms with Gasteiger partial charge in [-0.1, -0.05) is 41.8 Å². The van der Waals surface area contributed by atoms with Crippen LogP contribution in [0.25, 0.3) is 0 Å². The number of esters is 1. The number of pyridine rings is 1. The van der Waals surface area contributed by atoms with Crippen molar-refractivity contribution in [1.29, 1.82) is 0 Å². The van der Waals surface area contributed by atoms with E-state index >= 15 is 0 Å². The number of ether oxygens (including phenoxy) is 2.